The van der Waals surface area contributed by atoms with E-state index in [1.165, 1.54) is 17.5 Å². The molecule has 1 aromatic carbocycles. The van der Waals surface area contributed by atoms with Gasteiger partial charge in [-0.05, 0) is 12.5 Å². The highest BCUT2D eigenvalue weighted by atomic mass is 16.5. The summed E-state index contributed by atoms with van der Waals surface area (Å²) in [6.45, 7) is 3.94. The number of benzene rings is 1. The van der Waals surface area contributed by atoms with Crippen molar-refractivity contribution in [3.8, 4) is 0 Å². The molecule has 2 heterocycles. The van der Waals surface area contributed by atoms with Gasteiger partial charge in [-0.25, -0.2) is 15.0 Å². The maximum atomic E-state index is 5.79. The molecule has 118 valence electrons. The van der Waals surface area contributed by atoms with Crippen molar-refractivity contribution in [3.05, 3.63) is 60.2 Å². The van der Waals surface area contributed by atoms with Crippen LogP contribution in [0.3, 0.4) is 0 Å². The van der Waals surface area contributed by atoms with Gasteiger partial charge in [-0.3, -0.25) is 0 Å². The molecule has 0 amide bonds. The standard InChI is InChI=1S/C17H19N5O/c1-13(7-8-23-10-14-5-3-2-4-6-14)9-22-12-21-15-16(18)19-11-20-17(15)22/h2-7,11-12H,8-10H2,1H3,(H2,18,19,20)/b13-7+. The number of hydrogen-bond donors (Lipinski definition) is 1. The van der Waals surface area contributed by atoms with Crippen LogP contribution >= 0.6 is 0 Å². The summed E-state index contributed by atoms with van der Waals surface area (Å²) in [5.74, 6) is 0.404. The van der Waals surface area contributed by atoms with Gasteiger partial charge in [-0.15, -0.1) is 0 Å². The molecule has 0 aliphatic rings. The molecule has 0 unspecified atom stereocenters. The van der Waals surface area contributed by atoms with Crippen molar-refractivity contribution < 1.29 is 4.74 Å². The van der Waals surface area contributed by atoms with Gasteiger partial charge in [0.05, 0.1) is 19.5 Å². The predicted octanol–water partition coefficient (Wildman–Crippen LogP) is 2.57. The highest BCUT2D eigenvalue weighted by Crippen LogP contribution is 2.15. The second-order valence-electron chi connectivity index (χ2n) is 5.35. The van der Waals surface area contributed by atoms with Gasteiger partial charge in [0.25, 0.3) is 0 Å². The van der Waals surface area contributed by atoms with E-state index in [-0.39, 0.29) is 0 Å². The molecule has 0 bridgehead atoms. The molecule has 23 heavy (non-hydrogen) atoms. The van der Waals surface area contributed by atoms with Crippen LogP contribution in [0.15, 0.2) is 54.6 Å². The Morgan fingerprint density at radius 2 is 2.04 bits per heavy atom. The van der Waals surface area contributed by atoms with E-state index in [1.54, 1.807) is 6.33 Å². The van der Waals surface area contributed by atoms with Gasteiger partial charge < -0.3 is 15.0 Å². The lowest BCUT2D eigenvalue weighted by molar-refractivity contribution is 0.148. The minimum Gasteiger partial charge on any atom is -0.382 e. The average Bonchev–Trinajstić information content (AvgIpc) is 2.97. The molecule has 2 aromatic heterocycles. The van der Waals surface area contributed by atoms with Crippen molar-refractivity contribution in [1.82, 2.24) is 19.5 Å². The first-order chi connectivity index (χ1) is 11.2. The molecule has 0 saturated carbocycles. The fourth-order valence-electron chi connectivity index (χ4n) is 2.30. The lowest BCUT2D eigenvalue weighted by atomic mass is 10.2. The van der Waals surface area contributed by atoms with E-state index in [1.807, 2.05) is 22.8 Å². The van der Waals surface area contributed by atoms with Crippen LogP contribution < -0.4 is 5.73 Å². The van der Waals surface area contributed by atoms with Gasteiger partial charge in [0, 0.05) is 6.54 Å². The summed E-state index contributed by atoms with van der Waals surface area (Å²) in [6.07, 6.45) is 5.26. The Kier molecular flexibility index (Phi) is 4.63. The summed E-state index contributed by atoms with van der Waals surface area (Å²) in [6, 6.07) is 10.1. The zero-order valence-corrected chi connectivity index (χ0v) is 13.0. The topological polar surface area (TPSA) is 78.9 Å². The molecular formula is C17H19N5O. The van der Waals surface area contributed by atoms with Crippen LogP contribution in [0.25, 0.3) is 11.2 Å². The second-order valence-corrected chi connectivity index (χ2v) is 5.35. The monoisotopic (exact) mass is 309 g/mol. The van der Waals surface area contributed by atoms with Crippen LogP contribution in [0.4, 0.5) is 5.82 Å². The summed E-state index contributed by atoms with van der Waals surface area (Å²) >= 11 is 0. The number of anilines is 1. The molecule has 0 atom stereocenters. The van der Waals surface area contributed by atoms with Crippen LogP contribution in [-0.4, -0.2) is 26.1 Å². The number of rotatable bonds is 6. The van der Waals surface area contributed by atoms with E-state index in [4.69, 9.17) is 10.5 Å². The maximum Gasteiger partial charge on any atom is 0.165 e. The minimum atomic E-state index is 0.404. The number of ether oxygens (including phenoxy) is 1. The number of nitrogens with two attached hydrogens (primary N) is 1. The van der Waals surface area contributed by atoms with Crippen LogP contribution in [0, 0.1) is 0 Å². The minimum absolute atomic E-state index is 0.404. The van der Waals surface area contributed by atoms with Crippen molar-refractivity contribution >= 4 is 17.0 Å². The summed E-state index contributed by atoms with van der Waals surface area (Å²) in [5, 5.41) is 0. The predicted molar refractivity (Wildman–Crippen MR) is 89.6 cm³/mol. The van der Waals surface area contributed by atoms with Crippen molar-refractivity contribution in [2.75, 3.05) is 12.3 Å². The second kappa shape index (κ2) is 7.02. The Hall–Kier alpha value is -2.73. The first-order valence-electron chi connectivity index (χ1n) is 7.42. The Morgan fingerprint density at radius 1 is 1.22 bits per heavy atom. The number of nitrogen functional groups attached to an aromatic ring is 1. The van der Waals surface area contributed by atoms with Gasteiger partial charge in [0.1, 0.15) is 11.8 Å². The Balaban J connectivity index is 1.57. The van der Waals surface area contributed by atoms with Crippen LogP contribution in [0.5, 0.6) is 0 Å². The molecule has 6 heteroatoms. The molecule has 0 saturated heterocycles. The zero-order valence-electron chi connectivity index (χ0n) is 13.0. The summed E-state index contributed by atoms with van der Waals surface area (Å²) in [4.78, 5) is 12.4. The van der Waals surface area contributed by atoms with Gasteiger partial charge in [-0.1, -0.05) is 42.0 Å². The number of allylic oxidation sites excluding steroid dienone is 1. The quantitative estimate of drug-likeness (QED) is 0.559. The normalized spacial score (nSPS) is 12.0. The molecule has 0 aliphatic heterocycles. The van der Waals surface area contributed by atoms with Crippen molar-refractivity contribution in [2.45, 2.75) is 20.1 Å². The third-order valence-electron chi connectivity index (χ3n) is 3.51. The molecule has 3 rings (SSSR count). The van der Waals surface area contributed by atoms with Crippen molar-refractivity contribution in [2.24, 2.45) is 0 Å². The Labute approximate surface area is 134 Å². The number of aromatic nitrogens is 4. The first kappa shape index (κ1) is 15.2. The molecule has 0 spiro atoms. The van der Waals surface area contributed by atoms with E-state index >= 15 is 0 Å². The molecule has 3 aromatic rings. The number of imidazole rings is 1. The van der Waals surface area contributed by atoms with E-state index in [0.29, 0.717) is 31.1 Å². The lowest BCUT2D eigenvalue weighted by Gasteiger charge is -2.05. The lowest BCUT2D eigenvalue weighted by Crippen LogP contribution is -2.01. The van der Waals surface area contributed by atoms with Crippen LogP contribution in [0.2, 0.25) is 0 Å². The fraction of sp³-hybridized carbons (Fsp3) is 0.235. The van der Waals surface area contributed by atoms with Gasteiger partial charge >= 0.3 is 0 Å². The molecular weight excluding hydrogens is 290 g/mol. The number of hydrogen-bond acceptors (Lipinski definition) is 5. The molecule has 2 N–H and O–H groups in total. The van der Waals surface area contributed by atoms with Crippen molar-refractivity contribution in [1.29, 1.82) is 0 Å². The SMILES string of the molecule is C/C(=C\COCc1ccccc1)Cn1cnc2c(N)ncnc21. The largest absolute Gasteiger partial charge is 0.382 e. The van der Waals surface area contributed by atoms with E-state index in [9.17, 15) is 0 Å². The first-order valence-corrected chi connectivity index (χ1v) is 7.42. The summed E-state index contributed by atoms with van der Waals surface area (Å²) < 4.78 is 7.62. The zero-order chi connectivity index (χ0) is 16.1. The smallest absolute Gasteiger partial charge is 0.165 e. The molecule has 0 aliphatic carbocycles. The molecule has 0 fully saturated rings. The van der Waals surface area contributed by atoms with E-state index in [2.05, 4.69) is 40.1 Å². The summed E-state index contributed by atoms with van der Waals surface area (Å²) in [5.41, 5.74) is 9.53. The summed E-state index contributed by atoms with van der Waals surface area (Å²) in [7, 11) is 0. The maximum absolute atomic E-state index is 5.79. The highest BCUT2D eigenvalue weighted by molar-refractivity contribution is 5.81. The number of fused-ring (bicyclic) bond motifs is 1. The van der Waals surface area contributed by atoms with E-state index in [0.717, 1.165) is 5.65 Å². The van der Waals surface area contributed by atoms with Gasteiger partial charge in [-0.2, -0.15) is 0 Å². The van der Waals surface area contributed by atoms with E-state index < -0.39 is 0 Å². The van der Waals surface area contributed by atoms with Crippen LogP contribution in [0.1, 0.15) is 12.5 Å². The molecule has 0 radical (unpaired) electrons. The Morgan fingerprint density at radius 3 is 2.87 bits per heavy atom. The number of nitrogens with zero attached hydrogens (tertiary/aromatic N) is 4. The fourth-order valence-corrected chi connectivity index (χ4v) is 2.30. The third-order valence-corrected chi connectivity index (χ3v) is 3.51. The van der Waals surface area contributed by atoms with Gasteiger partial charge in [0.2, 0.25) is 0 Å². The highest BCUT2D eigenvalue weighted by Gasteiger charge is 2.07. The third kappa shape index (κ3) is 3.73. The Bertz CT molecular complexity index is 810. The van der Waals surface area contributed by atoms with Gasteiger partial charge in [0.15, 0.2) is 11.5 Å². The average molecular weight is 309 g/mol. The van der Waals surface area contributed by atoms with Crippen molar-refractivity contribution in [3.63, 3.8) is 0 Å². The van der Waals surface area contributed by atoms with Crippen LogP contribution in [-0.2, 0) is 17.9 Å². The molecule has 6 nitrogen and oxygen atoms in total.